The molecule has 1 aromatic heterocycles. The molecule has 0 fully saturated rings. The molecule has 10 rings (SSSR count). The van der Waals surface area contributed by atoms with Gasteiger partial charge in [-0.05, 0) is 76.2 Å². The van der Waals surface area contributed by atoms with E-state index in [4.69, 9.17) is 4.42 Å². The lowest BCUT2D eigenvalue weighted by Gasteiger charge is -2.34. The van der Waals surface area contributed by atoms with E-state index in [9.17, 15) is 0 Å². The maximum Gasteiger partial charge on any atom is 0.143 e. The van der Waals surface area contributed by atoms with Crippen LogP contribution in [0.15, 0.2) is 162 Å². The Labute approximate surface area is 286 Å². The molecule has 0 atom stereocenters. The van der Waals surface area contributed by atoms with E-state index in [1.54, 1.807) is 0 Å². The number of rotatable bonds is 4. The third-order valence-electron chi connectivity index (χ3n) is 10.9. The summed E-state index contributed by atoms with van der Waals surface area (Å²) >= 11 is 0. The predicted molar refractivity (Wildman–Crippen MR) is 207 cm³/mol. The monoisotopic (exact) mass is 629 g/mol. The normalized spacial score (nSPS) is 15.0. The number of hydrogen-bond acceptors (Lipinski definition) is 2. The van der Waals surface area contributed by atoms with Crippen molar-refractivity contribution >= 4 is 60.4 Å². The first-order valence-electron chi connectivity index (χ1n) is 17.3. The van der Waals surface area contributed by atoms with Crippen molar-refractivity contribution in [2.45, 2.75) is 32.1 Å². The van der Waals surface area contributed by atoms with Gasteiger partial charge in [-0.25, -0.2) is 0 Å². The summed E-state index contributed by atoms with van der Waals surface area (Å²) in [7, 11) is 0. The number of nitrogens with zero attached hydrogens (tertiary/aromatic N) is 1. The van der Waals surface area contributed by atoms with E-state index in [-0.39, 0.29) is 5.41 Å². The second-order valence-corrected chi connectivity index (χ2v) is 14.0. The van der Waals surface area contributed by atoms with E-state index >= 15 is 0 Å². The molecule has 8 aromatic rings. The molecule has 0 N–H and O–H groups in total. The third-order valence-corrected chi connectivity index (χ3v) is 10.9. The van der Waals surface area contributed by atoms with Gasteiger partial charge in [0.25, 0.3) is 0 Å². The van der Waals surface area contributed by atoms with Crippen molar-refractivity contribution in [3.8, 4) is 11.1 Å². The molecular weight excluding hydrogens is 595 g/mol. The van der Waals surface area contributed by atoms with Crippen LogP contribution in [0.2, 0.25) is 0 Å². The van der Waals surface area contributed by atoms with Crippen LogP contribution in [0.5, 0.6) is 0 Å². The van der Waals surface area contributed by atoms with Crippen LogP contribution in [0.3, 0.4) is 0 Å². The standard InChI is InChI=1S/C47H35NO/c1-47(2)39-20-9-7-19-37(39)45-40(47)21-12-24-43(45)48(42-23-11-15-30-13-3-5-16-33(30)42)41-22-10-8-17-34(41)32-26-28-44-38(29-32)36-27-25-31-14-4-6-18-35(31)46(36)49-44/h3-9,11-21,23-29H,10,22H2,1-2H3. The van der Waals surface area contributed by atoms with Crippen molar-refractivity contribution in [2.75, 3.05) is 4.90 Å². The maximum absolute atomic E-state index is 6.53. The largest absolute Gasteiger partial charge is 0.455 e. The summed E-state index contributed by atoms with van der Waals surface area (Å²) < 4.78 is 6.53. The van der Waals surface area contributed by atoms with E-state index in [1.165, 1.54) is 66.6 Å². The number of allylic oxidation sites excluding steroid dienone is 4. The highest BCUT2D eigenvalue weighted by atomic mass is 16.3. The van der Waals surface area contributed by atoms with Gasteiger partial charge in [-0.15, -0.1) is 0 Å². The Bertz CT molecular complexity index is 2700. The minimum Gasteiger partial charge on any atom is -0.455 e. The molecular formula is C47H35NO. The number of hydrogen-bond donors (Lipinski definition) is 0. The first-order valence-corrected chi connectivity index (χ1v) is 17.3. The van der Waals surface area contributed by atoms with Crippen molar-refractivity contribution in [2.24, 2.45) is 0 Å². The average molecular weight is 630 g/mol. The third kappa shape index (κ3) is 4.14. The molecule has 0 saturated carbocycles. The van der Waals surface area contributed by atoms with Gasteiger partial charge in [0.2, 0.25) is 0 Å². The van der Waals surface area contributed by atoms with Crippen LogP contribution in [0.4, 0.5) is 11.4 Å². The highest BCUT2D eigenvalue weighted by molar-refractivity contribution is 6.15. The minimum absolute atomic E-state index is 0.0897. The van der Waals surface area contributed by atoms with Gasteiger partial charge in [0.05, 0.1) is 11.4 Å². The molecule has 234 valence electrons. The minimum atomic E-state index is -0.0897. The molecule has 0 unspecified atom stereocenters. The van der Waals surface area contributed by atoms with Gasteiger partial charge >= 0.3 is 0 Å². The lowest BCUT2D eigenvalue weighted by Crippen LogP contribution is -2.21. The molecule has 2 aliphatic carbocycles. The van der Waals surface area contributed by atoms with Crippen molar-refractivity contribution in [1.29, 1.82) is 0 Å². The van der Waals surface area contributed by atoms with Crippen LogP contribution in [0.1, 0.15) is 43.4 Å². The Morgan fingerprint density at radius 1 is 0.592 bits per heavy atom. The highest BCUT2D eigenvalue weighted by Gasteiger charge is 2.38. The summed E-state index contributed by atoms with van der Waals surface area (Å²) in [6.07, 6.45) is 6.59. The molecule has 0 amide bonds. The summed E-state index contributed by atoms with van der Waals surface area (Å²) in [4.78, 5) is 2.59. The van der Waals surface area contributed by atoms with Crippen molar-refractivity contribution in [1.82, 2.24) is 0 Å². The number of furan rings is 1. The molecule has 2 aliphatic rings. The van der Waals surface area contributed by atoms with Crippen molar-refractivity contribution < 1.29 is 4.42 Å². The summed E-state index contributed by atoms with van der Waals surface area (Å²) in [6, 6.07) is 51.1. The maximum atomic E-state index is 6.53. The van der Waals surface area contributed by atoms with Gasteiger partial charge in [0, 0.05) is 43.8 Å². The summed E-state index contributed by atoms with van der Waals surface area (Å²) in [5.74, 6) is 0. The Kier molecular flexibility index (Phi) is 6.08. The fourth-order valence-corrected chi connectivity index (χ4v) is 8.56. The van der Waals surface area contributed by atoms with Gasteiger partial charge in [0.1, 0.15) is 11.2 Å². The molecule has 1 heterocycles. The Morgan fingerprint density at radius 2 is 1.31 bits per heavy atom. The van der Waals surface area contributed by atoms with Gasteiger partial charge < -0.3 is 9.32 Å². The Balaban J connectivity index is 1.26. The molecule has 0 saturated heterocycles. The SMILES string of the molecule is CC1(C)c2ccccc2-c2c(N(C3=C(c4ccc5oc6c7ccccc7ccc6c5c4)C=CCC3)c3cccc4ccccc34)cccc21. The van der Waals surface area contributed by atoms with Gasteiger partial charge in [-0.2, -0.15) is 0 Å². The van der Waals surface area contributed by atoms with E-state index in [0.29, 0.717) is 0 Å². The van der Waals surface area contributed by atoms with Crippen molar-refractivity contribution in [3.63, 3.8) is 0 Å². The molecule has 0 radical (unpaired) electrons. The van der Waals surface area contributed by atoms with Crippen LogP contribution in [0.25, 0.3) is 60.2 Å². The zero-order valence-electron chi connectivity index (χ0n) is 27.7. The summed E-state index contributed by atoms with van der Waals surface area (Å²) in [5.41, 5.74) is 13.4. The Morgan fingerprint density at radius 3 is 2.20 bits per heavy atom. The topological polar surface area (TPSA) is 16.4 Å². The zero-order chi connectivity index (χ0) is 32.7. The van der Waals surface area contributed by atoms with Gasteiger partial charge in [-0.3, -0.25) is 0 Å². The van der Waals surface area contributed by atoms with E-state index in [2.05, 4.69) is 170 Å². The van der Waals surface area contributed by atoms with Gasteiger partial charge in [-0.1, -0.05) is 135 Å². The fourth-order valence-electron chi connectivity index (χ4n) is 8.56. The van der Waals surface area contributed by atoms with E-state index in [0.717, 1.165) is 40.2 Å². The second-order valence-electron chi connectivity index (χ2n) is 14.0. The van der Waals surface area contributed by atoms with Crippen molar-refractivity contribution in [3.05, 3.63) is 174 Å². The lowest BCUT2D eigenvalue weighted by atomic mass is 9.82. The Hall–Kier alpha value is -5.86. The molecule has 49 heavy (non-hydrogen) atoms. The lowest BCUT2D eigenvalue weighted by molar-refractivity contribution is 0.660. The fraction of sp³-hybridized carbons (Fsp3) is 0.106. The summed E-state index contributed by atoms with van der Waals surface area (Å²) in [5, 5.41) is 7.14. The zero-order valence-corrected chi connectivity index (χ0v) is 27.7. The second kappa shape index (κ2) is 10.6. The van der Waals surface area contributed by atoms with Crippen LogP contribution in [-0.4, -0.2) is 0 Å². The molecule has 0 spiro atoms. The molecule has 7 aromatic carbocycles. The first kappa shape index (κ1) is 28.2. The molecule has 2 nitrogen and oxygen atoms in total. The molecule has 2 heteroatoms. The highest BCUT2D eigenvalue weighted by Crippen LogP contribution is 2.54. The quantitative estimate of drug-likeness (QED) is 0.193. The number of anilines is 2. The molecule has 0 bridgehead atoms. The van der Waals surface area contributed by atoms with E-state index < -0.39 is 0 Å². The van der Waals surface area contributed by atoms with Gasteiger partial charge in [0.15, 0.2) is 0 Å². The average Bonchev–Trinajstić information content (AvgIpc) is 3.64. The number of benzene rings is 7. The van der Waals surface area contributed by atoms with E-state index in [1.807, 2.05) is 0 Å². The first-order chi connectivity index (χ1) is 24.1. The van der Waals surface area contributed by atoms with Crippen LogP contribution in [-0.2, 0) is 5.41 Å². The summed E-state index contributed by atoms with van der Waals surface area (Å²) in [6.45, 7) is 4.73. The molecule has 0 aliphatic heterocycles. The van der Waals surface area contributed by atoms with Crippen LogP contribution < -0.4 is 4.90 Å². The predicted octanol–water partition coefficient (Wildman–Crippen LogP) is 13.1. The van der Waals surface area contributed by atoms with Crippen LogP contribution in [0, 0.1) is 0 Å². The smallest absolute Gasteiger partial charge is 0.143 e. The van der Waals surface area contributed by atoms with Crippen LogP contribution >= 0.6 is 0 Å². The number of fused-ring (bicyclic) bond motifs is 9.